The van der Waals surface area contributed by atoms with E-state index in [0.29, 0.717) is 18.2 Å². The predicted molar refractivity (Wildman–Crippen MR) is 71.7 cm³/mol. The van der Waals surface area contributed by atoms with E-state index in [2.05, 4.69) is 20.4 Å². The van der Waals surface area contributed by atoms with Crippen molar-refractivity contribution in [2.24, 2.45) is 0 Å². The van der Waals surface area contributed by atoms with Crippen LogP contribution in [0.25, 0.3) is 0 Å². The van der Waals surface area contributed by atoms with Gasteiger partial charge in [-0.25, -0.2) is 9.97 Å². The largest absolute Gasteiger partial charge is 0.389 e. The van der Waals surface area contributed by atoms with E-state index in [0.717, 1.165) is 0 Å². The van der Waals surface area contributed by atoms with E-state index in [1.807, 2.05) is 19.2 Å². The Morgan fingerprint density at radius 3 is 2.81 bits per heavy atom. The Morgan fingerprint density at radius 1 is 1.33 bits per heavy atom. The third-order valence-corrected chi connectivity index (χ3v) is 2.77. The maximum absolute atomic E-state index is 12.2. The fourth-order valence-corrected chi connectivity index (χ4v) is 1.83. The molecule has 2 aromatic heterocycles. The van der Waals surface area contributed by atoms with Crippen molar-refractivity contribution in [2.45, 2.75) is 38.5 Å². The van der Waals surface area contributed by atoms with Crippen LogP contribution < -0.4 is 5.32 Å². The monoisotopic (exact) mass is 299 g/mol. The fraction of sp³-hybridized carbons (Fsp3) is 0.462. The average molecular weight is 299 g/mol. The molecule has 0 fully saturated rings. The summed E-state index contributed by atoms with van der Waals surface area (Å²) in [7, 11) is 0. The Bertz CT molecular complexity index is 553. The van der Waals surface area contributed by atoms with Crippen molar-refractivity contribution >= 4 is 5.95 Å². The molecule has 5 nitrogen and oxygen atoms in total. The van der Waals surface area contributed by atoms with Gasteiger partial charge in [-0.15, -0.1) is 0 Å². The normalized spacial score (nSPS) is 13.1. The Kier molecular flexibility index (Phi) is 4.77. The van der Waals surface area contributed by atoms with Crippen LogP contribution in [0.1, 0.15) is 19.0 Å². The van der Waals surface area contributed by atoms with Crippen LogP contribution in [-0.4, -0.2) is 32.0 Å². The van der Waals surface area contributed by atoms with Crippen LogP contribution >= 0.6 is 0 Å². The highest BCUT2D eigenvalue weighted by molar-refractivity contribution is 5.26. The molecule has 0 aliphatic heterocycles. The molecule has 0 aliphatic rings. The summed E-state index contributed by atoms with van der Waals surface area (Å²) >= 11 is 0. The first kappa shape index (κ1) is 15.3. The van der Waals surface area contributed by atoms with E-state index < -0.39 is 12.6 Å². The fourth-order valence-electron chi connectivity index (χ4n) is 1.83. The van der Waals surface area contributed by atoms with Gasteiger partial charge in [0, 0.05) is 36.7 Å². The van der Waals surface area contributed by atoms with Gasteiger partial charge in [0.1, 0.15) is 0 Å². The van der Waals surface area contributed by atoms with E-state index in [-0.39, 0.29) is 12.5 Å². The topological polar surface area (TPSA) is 55.6 Å². The van der Waals surface area contributed by atoms with E-state index in [1.54, 1.807) is 10.9 Å². The molecule has 0 radical (unpaired) electrons. The highest BCUT2D eigenvalue weighted by atomic mass is 19.4. The van der Waals surface area contributed by atoms with E-state index in [1.165, 1.54) is 12.3 Å². The molecule has 1 N–H and O–H groups in total. The van der Waals surface area contributed by atoms with Crippen molar-refractivity contribution in [2.75, 3.05) is 5.32 Å². The number of aryl methyl sites for hydroxylation is 1. The van der Waals surface area contributed by atoms with Gasteiger partial charge < -0.3 is 5.32 Å². The number of rotatable bonds is 6. The second kappa shape index (κ2) is 6.55. The van der Waals surface area contributed by atoms with Gasteiger partial charge in [0.2, 0.25) is 5.95 Å². The van der Waals surface area contributed by atoms with Crippen molar-refractivity contribution in [1.82, 2.24) is 19.7 Å². The number of alkyl halides is 3. The zero-order valence-electron chi connectivity index (χ0n) is 11.5. The van der Waals surface area contributed by atoms with Gasteiger partial charge in [-0.05, 0) is 25.5 Å². The first-order chi connectivity index (χ1) is 9.92. The summed E-state index contributed by atoms with van der Waals surface area (Å²) in [4.78, 5) is 8.11. The van der Waals surface area contributed by atoms with Crippen LogP contribution in [-0.2, 0) is 13.0 Å². The lowest BCUT2D eigenvalue weighted by molar-refractivity contribution is -0.134. The molecule has 2 rings (SSSR count). The molecule has 8 heteroatoms. The Labute approximate surface area is 120 Å². The Morgan fingerprint density at radius 2 is 2.14 bits per heavy atom. The zero-order chi connectivity index (χ0) is 15.3. The van der Waals surface area contributed by atoms with Crippen LogP contribution in [0.3, 0.4) is 0 Å². The summed E-state index contributed by atoms with van der Waals surface area (Å²) in [5, 5.41) is 7.14. The Hall–Kier alpha value is -2.12. The second-order valence-corrected chi connectivity index (χ2v) is 4.76. The number of hydrogen-bond donors (Lipinski definition) is 1. The van der Waals surface area contributed by atoms with Crippen LogP contribution in [0.2, 0.25) is 0 Å². The summed E-state index contributed by atoms with van der Waals surface area (Å²) in [6.07, 6.45) is -0.228. The summed E-state index contributed by atoms with van der Waals surface area (Å²) in [5.41, 5.74) is 0.371. The third kappa shape index (κ3) is 5.41. The molecule has 0 aromatic carbocycles. The van der Waals surface area contributed by atoms with Crippen LogP contribution in [0.15, 0.2) is 30.7 Å². The SMILES string of the molecule is C[C@@H](Cn1cccn1)Nc1nccc(CCC(F)(F)F)n1. The smallest absolute Gasteiger partial charge is 0.350 e. The molecule has 0 amide bonds. The molecule has 0 saturated heterocycles. The van der Waals surface area contributed by atoms with Gasteiger partial charge in [-0.3, -0.25) is 4.68 Å². The molecule has 0 spiro atoms. The molecule has 114 valence electrons. The zero-order valence-corrected chi connectivity index (χ0v) is 11.5. The minimum Gasteiger partial charge on any atom is -0.350 e. The van der Waals surface area contributed by atoms with Gasteiger partial charge >= 0.3 is 6.18 Å². The third-order valence-electron chi connectivity index (χ3n) is 2.77. The number of anilines is 1. The molecule has 0 unspecified atom stereocenters. The van der Waals surface area contributed by atoms with Gasteiger partial charge in [0.15, 0.2) is 0 Å². The lowest BCUT2D eigenvalue weighted by Crippen LogP contribution is -2.23. The van der Waals surface area contributed by atoms with Crippen molar-refractivity contribution in [1.29, 1.82) is 0 Å². The molecule has 0 aliphatic carbocycles. The molecular weight excluding hydrogens is 283 g/mol. The van der Waals surface area contributed by atoms with Gasteiger partial charge in [-0.1, -0.05) is 0 Å². The molecule has 1 atom stereocenters. The highest BCUT2D eigenvalue weighted by Gasteiger charge is 2.26. The van der Waals surface area contributed by atoms with Gasteiger partial charge in [0.05, 0.1) is 6.54 Å². The van der Waals surface area contributed by atoms with Crippen molar-refractivity contribution < 1.29 is 13.2 Å². The minimum absolute atomic E-state index is 0.00256. The molecule has 2 heterocycles. The Balaban J connectivity index is 1.91. The van der Waals surface area contributed by atoms with E-state index in [9.17, 15) is 13.2 Å². The number of aromatic nitrogens is 4. The number of hydrogen-bond acceptors (Lipinski definition) is 4. The molecule has 2 aromatic rings. The lowest BCUT2D eigenvalue weighted by Gasteiger charge is -2.14. The van der Waals surface area contributed by atoms with Gasteiger partial charge in [0.25, 0.3) is 0 Å². The molecule has 0 saturated carbocycles. The molecule has 0 bridgehead atoms. The van der Waals surface area contributed by atoms with Crippen molar-refractivity contribution in [3.8, 4) is 0 Å². The molecule has 21 heavy (non-hydrogen) atoms. The maximum atomic E-state index is 12.2. The molecular formula is C13H16F3N5. The van der Waals surface area contributed by atoms with Gasteiger partial charge in [-0.2, -0.15) is 18.3 Å². The van der Waals surface area contributed by atoms with E-state index in [4.69, 9.17) is 0 Å². The quantitative estimate of drug-likeness (QED) is 0.891. The lowest BCUT2D eigenvalue weighted by atomic mass is 10.2. The summed E-state index contributed by atoms with van der Waals surface area (Å²) in [6.45, 7) is 2.54. The first-order valence-corrected chi connectivity index (χ1v) is 6.55. The summed E-state index contributed by atoms with van der Waals surface area (Å²) < 4.78 is 38.3. The average Bonchev–Trinajstić information content (AvgIpc) is 2.88. The number of nitrogens with one attached hydrogen (secondary N) is 1. The number of halogens is 3. The maximum Gasteiger partial charge on any atom is 0.389 e. The van der Waals surface area contributed by atoms with Crippen molar-refractivity contribution in [3.63, 3.8) is 0 Å². The van der Waals surface area contributed by atoms with Crippen molar-refractivity contribution in [3.05, 3.63) is 36.4 Å². The second-order valence-electron chi connectivity index (χ2n) is 4.76. The highest BCUT2D eigenvalue weighted by Crippen LogP contribution is 2.21. The summed E-state index contributed by atoms with van der Waals surface area (Å²) in [5.74, 6) is 0.328. The standard InChI is InChI=1S/C13H16F3N5/c1-10(9-21-8-2-6-18-21)19-12-17-7-4-11(20-12)3-5-13(14,15)16/h2,4,6-8,10H,3,5,9H2,1H3,(H,17,19,20)/t10-/m0/s1. The van der Waals surface area contributed by atoms with Crippen LogP contribution in [0.4, 0.5) is 19.1 Å². The minimum atomic E-state index is -4.17. The van der Waals surface area contributed by atoms with Crippen LogP contribution in [0.5, 0.6) is 0 Å². The predicted octanol–water partition coefficient (Wildman–Crippen LogP) is 2.67. The first-order valence-electron chi connectivity index (χ1n) is 6.55. The van der Waals surface area contributed by atoms with E-state index >= 15 is 0 Å². The van der Waals surface area contributed by atoms with Crippen LogP contribution in [0, 0.1) is 0 Å². The number of nitrogens with zero attached hydrogens (tertiary/aromatic N) is 4. The summed E-state index contributed by atoms with van der Waals surface area (Å²) in [6, 6.07) is 3.32.